The summed E-state index contributed by atoms with van der Waals surface area (Å²) in [5.41, 5.74) is 0. The highest BCUT2D eigenvalue weighted by molar-refractivity contribution is 9.10. The Kier molecular flexibility index (Phi) is 5.59. The summed E-state index contributed by atoms with van der Waals surface area (Å²) < 4.78 is 13.3. The summed E-state index contributed by atoms with van der Waals surface area (Å²) in [5, 5.41) is 14.4. The maximum Gasteiger partial charge on any atom is 0.205 e. The van der Waals surface area contributed by atoms with Gasteiger partial charge in [-0.1, -0.05) is 41.9 Å². The SMILES string of the molecule is CC(C)(C)[Si](C)(C)OC(COc1ccc(Br)cc1)c1nn[nH]n1. The zero-order valence-corrected chi connectivity index (χ0v) is 16.7. The van der Waals surface area contributed by atoms with Crippen LogP contribution in [0.3, 0.4) is 0 Å². The molecule has 126 valence electrons. The van der Waals surface area contributed by atoms with Gasteiger partial charge < -0.3 is 9.16 Å². The summed E-state index contributed by atoms with van der Waals surface area (Å²) in [5.74, 6) is 1.30. The van der Waals surface area contributed by atoms with E-state index in [0.29, 0.717) is 12.4 Å². The maximum absolute atomic E-state index is 6.41. The monoisotopic (exact) mass is 398 g/mol. The third-order valence-corrected chi connectivity index (χ3v) is 9.12. The van der Waals surface area contributed by atoms with Crippen LogP contribution >= 0.6 is 15.9 Å². The molecule has 1 aromatic carbocycles. The number of aromatic amines is 1. The number of tetrazole rings is 1. The van der Waals surface area contributed by atoms with Crippen molar-refractivity contribution < 1.29 is 9.16 Å². The molecule has 0 bridgehead atoms. The zero-order chi connectivity index (χ0) is 17.1. The van der Waals surface area contributed by atoms with Crippen LogP contribution in [0.5, 0.6) is 5.75 Å². The lowest BCUT2D eigenvalue weighted by atomic mass is 10.2. The summed E-state index contributed by atoms with van der Waals surface area (Å²) in [4.78, 5) is 0. The second-order valence-corrected chi connectivity index (χ2v) is 12.6. The molecule has 2 rings (SSSR count). The van der Waals surface area contributed by atoms with E-state index in [9.17, 15) is 0 Å². The average molecular weight is 399 g/mol. The second kappa shape index (κ2) is 7.10. The molecule has 0 aliphatic heterocycles. The zero-order valence-electron chi connectivity index (χ0n) is 14.1. The molecular formula is C15H23BrN4O2Si. The molecule has 6 nitrogen and oxygen atoms in total. The molecule has 2 aromatic rings. The van der Waals surface area contributed by atoms with Gasteiger partial charge in [-0.2, -0.15) is 5.21 Å². The van der Waals surface area contributed by atoms with E-state index in [1.165, 1.54) is 0 Å². The fraction of sp³-hybridized carbons (Fsp3) is 0.533. The molecule has 0 aliphatic rings. The Labute approximate surface area is 146 Å². The number of hydrogen-bond acceptors (Lipinski definition) is 5. The van der Waals surface area contributed by atoms with E-state index in [-0.39, 0.29) is 11.1 Å². The fourth-order valence-corrected chi connectivity index (χ4v) is 3.20. The molecule has 0 amide bonds. The van der Waals surface area contributed by atoms with Crippen LogP contribution in [-0.4, -0.2) is 35.5 Å². The molecule has 1 N–H and O–H groups in total. The van der Waals surface area contributed by atoms with Crippen LogP contribution in [0.2, 0.25) is 18.1 Å². The summed E-state index contributed by atoms with van der Waals surface area (Å²) in [6.45, 7) is 11.3. The molecule has 1 aromatic heterocycles. The van der Waals surface area contributed by atoms with Crippen molar-refractivity contribution in [3.63, 3.8) is 0 Å². The highest BCUT2D eigenvalue weighted by atomic mass is 79.9. The van der Waals surface area contributed by atoms with Gasteiger partial charge in [-0.3, -0.25) is 0 Å². The van der Waals surface area contributed by atoms with Crippen LogP contribution in [0.15, 0.2) is 28.7 Å². The van der Waals surface area contributed by atoms with Crippen molar-refractivity contribution in [2.45, 2.75) is 45.0 Å². The summed E-state index contributed by atoms with van der Waals surface area (Å²) in [7, 11) is -1.98. The molecule has 0 saturated carbocycles. The lowest BCUT2D eigenvalue weighted by Crippen LogP contribution is -2.43. The van der Waals surface area contributed by atoms with Gasteiger partial charge in [-0.15, -0.1) is 10.2 Å². The van der Waals surface area contributed by atoms with E-state index in [1.54, 1.807) is 0 Å². The van der Waals surface area contributed by atoms with Gasteiger partial charge >= 0.3 is 0 Å². The third kappa shape index (κ3) is 4.86. The largest absolute Gasteiger partial charge is 0.490 e. The first-order valence-electron chi connectivity index (χ1n) is 7.48. The van der Waals surface area contributed by atoms with Crippen LogP contribution < -0.4 is 4.74 Å². The maximum atomic E-state index is 6.41. The number of aromatic nitrogens is 4. The first-order chi connectivity index (χ1) is 10.7. The molecule has 0 aliphatic carbocycles. The number of ether oxygens (including phenoxy) is 1. The highest BCUT2D eigenvalue weighted by Gasteiger charge is 2.40. The third-order valence-electron chi connectivity index (χ3n) is 4.11. The number of hydrogen-bond donors (Lipinski definition) is 1. The number of halogens is 1. The van der Waals surface area contributed by atoms with Crippen molar-refractivity contribution in [2.24, 2.45) is 0 Å². The molecule has 1 heterocycles. The van der Waals surface area contributed by atoms with Gasteiger partial charge in [0.05, 0.1) is 0 Å². The van der Waals surface area contributed by atoms with Gasteiger partial charge in [0.25, 0.3) is 0 Å². The van der Waals surface area contributed by atoms with Gasteiger partial charge in [0.15, 0.2) is 8.32 Å². The van der Waals surface area contributed by atoms with Crippen molar-refractivity contribution in [2.75, 3.05) is 6.61 Å². The Morgan fingerprint density at radius 1 is 1.22 bits per heavy atom. The molecule has 0 saturated heterocycles. The predicted molar refractivity (Wildman–Crippen MR) is 94.8 cm³/mol. The van der Waals surface area contributed by atoms with Gasteiger partial charge in [0.2, 0.25) is 5.82 Å². The Morgan fingerprint density at radius 3 is 2.39 bits per heavy atom. The van der Waals surface area contributed by atoms with Gasteiger partial charge in [0.1, 0.15) is 18.5 Å². The Bertz CT molecular complexity index is 611. The van der Waals surface area contributed by atoms with E-state index in [0.717, 1.165) is 10.2 Å². The highest BCUT2D eigenvalue weighted by Crippen LogP contribution is 2.39. The van der Waals surface area contributed by atoms with Crippen molar-refractivity contribution in [1.29, 1.82) is 0 Å². The average Bonchev–Trinajstić information content (AvgIpc) is 2.98. The van der Waals surface area contributed by atoms with Crippen molar-refractivity contribution in [1.82, 2.24) is 20.6 Å². The van der Waals surface area contributed by atoms with E-state index in [1.807, 2.05) is 24.3 Å². The van der Waals surface area contributed by atoms with Crippen molar-refractivity contribution >= 4 is 24.2 Å². The standard InChI is InChI=1S/C15H23BrN4O2Si/c1-15(2,3)23(4,5)22-13(14-17-19-20-18-14)10-21-12-8-6-11(16)7-9-12/h6-9,13H,10H2,1-5H3,(H,17,18,19,20). The number of rotatable bonds is 6. The van der Waals surface area contributed by atoms with Crippen LogP contribution in [0.1, 0.15) is 32.7 Å². The quantitative estimate of drug-likeness (QED) is 0.741. The van der Waals surface area contributed by atoms with Crippen molar-refractivity contribution in [3.8, 4) is 5.75 Å². The Balaban J connectivity index is 2.11. The Hall–Kier alpha value is -1.25. The first-order valence-corrected chi connectivity index (χ1v) is 11.2. The van der Waals surface area contributed by atoms with Crippen LogP contribution in [0.4, 0.5) is 0 Å². The molecule has 23 heavy (non-hydrogen) atoms. The van der Waals surface area contributed by atoms with Crippen LogP contribution in [-0.2, 0) is 4.43 Å². The molecule has 0 fully saturated rings. The number of benzene rings is 1. The molecule has 1 atom stereocenters. The number of H-pyrrole nitrogens is 1. The van der Waals surface area contributed by atoms with E-state index in [4.69, 9.17) is 9.16 Å². The lowest BCUT2D eigenvalue weighted by molar-refractivity contribution is 0.108. The predicted octanol–water partition coefficient (Wildman–Crippen LogP) is 4.10. The van der Waals surface area contributed by atoms with Gasteiger partial charge in [-0.05, 0) is 42.4 Å². The van der Waals surface area contributed by atoms with E-state index >= 15 is 0 Å². The fourth-order valence-electron chi connectivity index (χ4n) is 1.70. The molecular weight excluding hydrogens is 376 g/mol. The van der Waals surface area contributed by atoms with E-state index < -0.39 is 8.32 Å². The van der Waals surface area contributed by atoms with E-state index in [2.05, 4.69) is 70.4 Å². The molecule has 0 radical (unpaired) electrons. The van der Waals surface area contributed by atoms with Crippen LogP contribution in [0, 0.1) is 0 Å². The smallest absolute Gasteiger partial charge is 0.205 e. The molecule has 1 unspecified atom stereocenters. The first kappa shape index (κ1) is 18.1. The van der Waals surface area contributed by atoms with Gasteiger partial charge in [-0.25, -0.2) is 0 Å². The topological polar surface area (TPSA) is 72.9 Å². The lowest BCUT2D eigenvalue weighted by Gasteiger charge is -2.38. The van der Waals surface area contributed by atoms with Gasteiger partial charge in [0, 0.05) is 4.47 Å². The van der Waals surface area contributed by atoms with Crippen molar-refractivity contribution in [3.05, 3.63) is 34.6 Å². The number of nitrogens with one attached hydrogen (secondary N) is 1. The second-order valence-electron chi connectivity index (χ2n) is 6.90. The summed E-state index contributed by atoms with van der Waals surface area (Å²) in [6, 6.07) is 7.69. The Morgan fingerprint density at radius 2 is 1.87 bits per heavy atom. The summed E-state index contributed by atoms with van der Waals surface area (Å²) >= 11 is 3.41. The van der Waals surface area contributed by atoms with Crippen LogP contribution in [0.25, 0.3) is 0 Å². The number of nitrogens with zero attached hydrogens (tertiary/aromatic N) is 3. The molecule has 8 heteroatoms. The minimum absolute atomic E-state index is 0.0899. The minimum atomic E-state index is -1.98. The summed E-state index contributed by atoms with van der Waals surface area (Å²) in [6.07, 6.45) is -0.349. The minimum Gasteiger partial charge on any atom is -0.490 e. The molecule has 0 spiro atoms. The normalized spacial score (nSPS) is 13.8.